The van der Waals surface area contributed by atoms with Crippen molar-refractivity contribution < 1.29 is 27.9 Å². The Kier molecular flexibility index (Phi) is 5.93. The molecule has 0 fully saturated rings. The summed E-state index contributed by atoms with van der Waals surface area (Å²) in [5.41, 5.74) is 4.83. The number of ether oxygens (including phenoxy) is 1. The number of rotatable bonds is 8. The molecule has 0 radical (unpaired) electrons. The SMILES string of the molecule is COCCS(=O)(=O)N(CC(N)=O)CC(=O)O. The van der Waals surface area contributed by atoms with E-state index in [9.17, 15) is 18.0 Å². The number of carbonyl (C=O) groups is 2. The minimum absolute atomic E-state index is 0.0861. The fourth-order valence-corrected chi connectivity index (χ4v) is 2.16. The van der Waals surface area contributed by atoms with Crippen molar-refractivity contribution in [3.63, 3.8) is 0 Å². The van der Waals surface area contributed by atoms with E-state index in [1.54, 1.807) is 0 Å². The van der Waals surface area contributed by atoms with Crippen LogP contribution in [0.1, 0.15) is 0 Å². The van der Waals surface area contributed by atoms with Crippen LogP contribution in [0.3, 0.4) is 0 Å². The fourth-order valence-electron chi connectivity index (χ4n) is 0.895. The first-order chi connectivity index (χ1) is 7.29. The highest BCUT2D eigenvalue weighted by Gasteiger charge is 2.25. The standard InChI is InChI=1S/C7H14N2O6S/c1-15-2-3-16(13,14)9(4-6(8)10)5-7(11)12/h2-5H2,1H3,(H2,8,10)(H,11,12). The molecule has 0 aromatic heterocycles. The van der Waals surface area contributed by atoms with Crippen LogP contribution in [0.4, 0.5) is 0 Å². The molecule has 0 aliphatic rings. The van der Waals surface area contributed by atoms with Crippen molar-refractivity contribution in [2.75, 3.05) is 32.6 Å². The van der Waals surface area contributed by atoms with Crippen molar-refractivity contribution >= 4 is 21.9 Å². The van der Waals surface area contributed by atoms with Gasteiger partial charge in [-0.15, -0.1) is 0 Å². The normalized spacial score (nSPS) is 11.6. The van der Waals surface area contributed by atoms with Crippen molar-refractivity contribution in [2.45, 2.75) is 0 Å². The summed E-state index contributed by atoms with van der Waals surface area (Å²) in [6.07, 6.45) is 0. The number of sulfonamides is 1. The van der Waals surface area contributed by atoms with E-state index >= 15 is 0 Å². The monoisotopic (exact) mass is 254 g/mol. The lowest BCUT2D eigenvalue weighted by Crippen LogP contribution is -2.43. The lowest BCUT2D eigenvalue weighted by Gasteiger charge is -2.18. The highest BCUT2D eigenvalue weighted by atomic mass is 32.2. The number of hydrogen-bond donors (Lipinski definition) is 2. The molecule has 0 unspecified atom stereocenters. The molecule has 0 atom stereocenters. The van der Waals surface area contributed by atoms with Crippen molar-refractivity contribution in [3.8, 4) is 0 Å². The van der Waals surface area contributed by atoms with Crippen LogP contribution in [0, 0.1) is 0 Å². The van der Waals surface area contributed by atoms with E-state index in [4.69, 9.17) is 10.8 Å². The first-order valence-corrected chi connectivity index (χ1v) is 5.87. The summed E-state index contributed by atoms with van der Waals surface area (Å²) >= 11 is 0. The maximum atomic E-state index is 11.5. The maximum absolute atomic E-state index is 11.5. The molecule has 0 saturated heterocycles. The molecule has 0 aliphatic carbocycles. The van der Waals surface area contributed by atoms with Crippen molar-refractivity contribution in [1.29, 1.82) is 0 Å². The summed E-state index contributed by atoms with van der Waals surface area (Å²) in [4.78, 5) is 21.0. The highest BCUT2D eigenvalue weighted by Crippen LogP contribution is 2.01. The van der Waals surface area contributed by atoms with Gasteiger partial charge in [-0.05, 0) is 0 Å². The Morgan fingerprint density at radius 2 is 1.94 bits per heavy atom. The van der Waals surface area contributed by atoms with Crippen LogP contribution >= 0.6 is 0 Å². The molecule has 0 aromatic rings. The zero-order valence-corrected chi connectivity index (χ0v) is 9.57. The molecule has 1 amide bonds. The molecule has 0 rings (SSSR count). The van der Waals surface area contributed by atoms with Gasteiger partial charge in [-0.1, -0.05) is 0 Å². The number of carboxylic acids is 1. The molecule has 0 heterocycles. The van der Waals surface area contributed by atoms with E-state index < -0.39 is 40.7 Å². The van der Waals surface area contributed by atoms with Crippen LogP contribution < -0.4 is 5.73 Å². The molecule has 0 aliphatic heterocycles. The second-order valence-electron chi connectivity index (χ2n) is 2.94. The van der Waals surface area contributed by atoms with Gasteiger partial charge in [-0.2, -0.15) is 4.31 Å². The second kappa shape index (κ2) is 6.40. The molecule has 9 heteroatoms. The molecule has 16 heavy (non-hydrogen) atoms. The summed E-state index contributed by atoms with van der Waals surface area (Å²) in [5.74, 6) is -2.67. The van der Waals surface area contributed by atoms with Gasteiger partial charge < -0.3 is 15.6 Å². The fraction of sp³-hybridized carbons (Fsp3) is 0.714. The predicted molar refractivity (Wildman–Crippen MR) is 54.1 cm³/mol. The van der Waals surface area contributed by atoms with Crippen LogP contribution in [0.2, 0.25) is 0 Å². The number of aliphatic carboxylic acids is 1. The lowest BCUT2D eigenvalue weighted by molar-refractivity contribution is -0.137. The number of primary amides is 1. The summed E-state index contributed by atoms with van der Waals surface area (Å²) < 4.78 is 28.1. The van der Waals surface area contributed by atoms with E-state index in [2.05, 4.69) is 4.74 Å². The summed E-state index contributed by atoms with van der Waals surface area (Å²) in [7, 11) is -2.54. The molecule has 0 saturated carbocycles. The van der Waals surface area contributed by atoms with E-state index in [-0.39, 0.29) is 6.61 Å². The number of hydrogen-bond acceptors (Lipinski definition) is 5. The lowest BCUT2D eigenvalue weighted by atomic mass is 10.5. The first kappa shape index (κ1) is 14.8. The molecule has 0 bridgehead atoms. The van der Waals surface area contributed by atoms with Gasteiger partial charge in [0.1, 0.15) is 6.54 Å². The molecule has 0 aromatic carbocycles. The first-order valence-electron chi connectivity index (χ1n) is 4.26. The van der Waals surface area contributed by atoms with Crippen molar-refractivity contribution in [1.82, 2.24) is 4.31 Å². The third-order valence-corrected chi connectivity index (χ3v) is 3.31. The Morgan fingerprint density at radius 3 is 2.31 bits per heavy atom. The Morgan fingerprint density at radius 1 is 1.38 bits per heavy atom. The van der Waals surface area contributed by atoms with Crippen LogP contribution in [0.25, 0.3) is 0 Å². The van der Waals surface area contributed by atoms with Crippen molar-refractivity contribution in [2.24, 2.45) is 5.73 Å². The molecule has 94 valence electrons. The van der Waals surface area contributed by atoms with Crippen LogP contribution in [0.5, 0.6) is 0 Å². The minimum Gasteiger partial charge on any atom is -0.480 e. The Bertz CT molecular complexity index is 336. The van der Waals surface area contributed by atoms with Gasteiger partial charge in [0.15, 0.2) is 0 Å². The number of nitrogens with zero attached hydrogens (tertiary/aromatic N) is 1. The average molecular weight is 254 g/mol. The van der Waals surface area contributed by atoms with E-state index in [1.165, 1.54) is 7.11 Å². The van der Waals surface area contributed by atoms with Gasteiger partial charge in [0.25, 0.3) is 0 Å². The molecule has 0 spiro atoms. The Labute approximate surface area is 93.0 Å². The van der Waals surface area contributed by atoms with Gasteiger partial charge in [-0.25, -0.2) is 8.42 Å². The topological polar surface area (TPSA) is 127 Å². The summed E-state index contributed by atoms with van der Waals surface area (Å²) in [5, 5.41) is 8.50. The van der Waals surface area contributed by atoms with E-state index in [1.807, 2.05) is 0 Å². The maximum Gasteiger partial charge on any atom is 0.318 e. The summed E-state index contributed by atoms with van der Waals surface area (Å²) in [6, 6.07) is 0. The van der Waals surface area contributed by atoms with E-state index in [0.717, 1.165) is 0 Å². The van der Waals surface area contributed by atoms with Crippen LogP contribution in [-0.4, -0.2) is 62.3 Å². The van der Waals surface area contributed by atoms with Gasteiger partial charge in [0, 0.05) is 7.11 Å². The minimum atomic E-state index is -3.85. The molecule has 3 N–H and O–H groups in total. The quantitative estimate of drug-likeness (QED) is 0.507. The van der Waals surface area contributed by atoms with Gasteiger partial charge in [0.2, 0.25) is 15.9 Å². The average Bonchev–Trinajstić information content (AvgIpc) is 2.12. The largest absolute Gasteiger partial charge is 0.480 e. The highest BCUT2D eigenvalue weighted by molar-refractivity contribution is 7.89. The molecule has 8 nitrogen and oxygen atoms in total. The number of carboxylic acid groups (broad SMARTS) is 1. The number of carbonyl (C=O) groups excluding carboxylic acids is 1. The number of methoxy groups -OCH3 is 1. The Hall–Kier alpha value is -1.19. The van der Waals surface area contributed by atoms with Crippen LogP contribution in [0.15, 0.2) is 0 Å². The second-order valence-corrected chi connectivity index (χ2v) is 5.03. The Balaban J connectivity index is 4.72. The zero-order valence-electron chi connectivity index (χ0n) is 8.75. The van der Waals surface area contributed by atoms with Gasteiger partial charge >= 0.3 is 5.97 Å². The van der Waals surface area contributed by atoms with E-state index in [0.29, 0.717) is 4.31 Å². The van der Waals surface area contributed by atoms with Gasteiger partial charge in [-0.3, -0.25) is 9.59 Å². The van der Waals surface area contributed by atoms with Gasteiger partial charge in [0.05, 0.1) is 18.9 Å². The smallest absolute Gasteiger partial charge is 0.318 e. The number of nitrogens with two attached hydrogens (primary N) is 1. The third-order valence-electron chi connectivity index (χ3n) is 1.58. The molecular weight excluding hydrogens is 240 g/mol. The van der Waals surface area contributed by atoms with Crippen molar-refractivity contribution in [3.05, 3.63) is 0 Å². The third kappa shape index (κ3) is 5.63. The summed E-state index contributed by atoms with van der Waals surface area (Å²) in [6.45, 7) is -1.54. The van der Waals surface area contributed by atoms with Crippen LogP contribution in [-0.2, 0) is 24.3 Å². The zero-order chi connectivity index (χ0) is 12.8. The molecular formula is C7H14N2O6S. The number of amides is 1. The predicted octanol–water partition coefficient (Wildman–Crippen LogP) is -2.17.